The van der Waals surface area contributed by atoms with Crippen LogP contribution in [0.5, 0.6) is 0 Å². The lowest BCUT2D eigenvalue weighted by Crippen LogP contribution is -2.58. The number of ketones is 1. The van der Waals surface area contributed by atoms with E-state index in [0.717, 1.165) is 34.6 Å². The van der Waals surface area contributed by atoms with Gasteiger partial charge in [0.25, 0.3) is 0 Å². The quantitative estimate of drug-likeness (QED) is 0.105. The monoisotopic (exact) mass is 982 g/mol. The van der Waals surface area contributed by atoms with E-state index in [-0.39, 0.29) is 30.2 Å². The van der Waals surface area contributed by atoms with Crippen LogP contribution in [0.1, 0.15) is 44.1 Å². The first-order valence-electron chi connectivity index (χ1n) is 24.1. The third kappa shape index (κ3) is 12.3. The van der Waals surface area contributed by atoms with E-state index in [9.17, 15) is 27.6 Å². The van der Waals surface area contributed by atoms with Gasteiger partial charge < -0.3 is 29.8 Å². The second kappa shape index (κ2) is 22.7. The smallest absolute Gasteiger partial charge is 0.432 e. The normalized spacial score (nSPS) is 16.0. The number of halogens is 3. The zero-order valence-electron chi connectivity index (χ0n) is 39.9. The third-order valence-corrected chi connectivity index (χ3v) is 12.8. The van der Waals surface area contributed by atoms with Crippen LogP contribution in [0.4, 0.5) is 30.5 Å². The average molecular weight is 983 g/mol. The van der Waals surface area contributed by atoms with Crippen molar-refractivity contribution in [2.75, 3.05) is 41.7 Å². The molecule has 370 valence electrons. The van der Waals surface area contributed by atoms with Crippen molar-refractivity contribution in [3.05, 3.63) is 228 Å². The van der Waals surface area contributed by atoms with Gasteiger partial charge in [-0.05, 0) is 58.1 Å². The Bertz CT molecular complexity index is 3080. The number of pyridine rings is 2. The summed E-state index contributed by atoms with van der Waals surface area (Å²) in [7, 11) is 0. The molecule has 2 N–H and O–H groups in total. The SMILES string of the molecule is Nc1ccc(N2CCN(Cc3ccccc3)C(=O)C2Cc2ccccc2)nc1.O=C(Cc1ccc(N2CCN(Cc3ccccc3)C(=O)C2Cc2ccccc2)nc1)c1oc(-c2ccccc2)nc1C(F)(F)F. The highest BCUT2D eigenvalue weighted by atomic mass is 19.4. The van der Waals surface area contributed by atoms with Gasteiger partial charge >= 0.3 is 6.18 Å². The number of nitrogen functional groups attached to an aromatic ring is 1. The fraction of sp³-hybridized carbons (Fsp3) is 0.207. The number of alkyl halides is 3. The van der Waals surface area contributed by atoms with Crippen LogP contribution in [0, 0.1) is 0 Å². The van der Waals surface area contributed by atoms with Crippen molar-refractivity contribution in [2.24, 2.45) is 0 Å². The Balaban J connectivity index is 0.000000200. The van der Waals surface area contributed by atoms with Gasteiger partial charge in [0, 0.05) is 70.3 Å². The number of nitrogens with two attached hydrogens (primary N) is 1. The first-order valence-corrected chi connectivity index (χ1v) is 24.1. The maximum atomic E-state index is 13.8. The maximum Gasteiger partial charge on any atom is 0.437 e. The Labute approximate surface area is 421 Å². The van der Waals surface area contributed by atoms with Gasteiger partial charge in [-0.2, -0.15) is 13.2 Å². The lowest BCUT2D eigenvalue weighted by atomic mass is 10.0. The standard InChI is InChI=1S/C35H29F3N4O3.C23H24N4O/c36-35(37,38)32-31(45-33(40-32)27-14-8-3-9-15-27)29(43)21-26-16-17-30(39-22-26)42-19-18-41(23-25-12-6-2-7-13-25)34(44)28(42)20-24-10-4-1-5-11-24;24-20-11-12-22(25-16-20)27-14-13-26(17-19-9-5-2-6-10-19)23(28)21(27)15-18-7-3-1-4-8-18/h1-17,22,28H,18-21,23H2;1-12,16,21H,13-15,17,24H2. The molecule has 0 bridgehead atoms. The van der Waals surface area contributed by atoms with Crippen LogP contribution in [-0.4, -0.2) is 80.6 Å². The lowest BCUT2D eigenvalue weighted by Gasteiger charge is -2.41. The summed E-state index contributed by atoms with van der Waals surface area (Å²) in [4.78, 5) is 60.8. The highest BCUT2D eigenvalue weighted by Gasteiger charge is 2.42. The molecule has 10 rings (SSSR count). The zero-order valence-corrected chi connectivity index (χ0v) is 39.9. The topological polar surface area (TPSA) is 142 Å². The molecule has 2 unspecified atom stereocenters. The molecular formula is C58H53F3N8O4. The van der Waals surface area contributed by atoms with Gasteiger partial charge in [0.1, 0.15) is 23.7 Å². The van der Waals surface area contributed by atoms with Crippen molar-refractivity contribution < 1.29 is 32.0 Å². The Morgan fingerprint density at radius 2 is 0.986 bits per heavy atom. The number of oxazole rings is 1. The Hall–Kier alpha value is -8.59. The predicted octanol–water partition coefficient (Wildman–Crippen LogP) is 9.76. The number of hydrogen-bond acceptors (Lipinski definition) is 10. The number of amides is 2. The first kappa shape index (κ1) is 49.4. The molecular weight excluding hydrogens is 930 g/mol. The number of piperazine rings is 2. The molecule has 0 aliphatic carbocycles. The van der Waals surface area contributed by atoms with Crippen LogP contribution < -0.4 is 15.5 Å². The molecule has 12 nitrogen and oxygen atoms in total. The molecule has 3 aromatic heterocycles. The maximum absolute atomic E-state index is 13.8. The van der Waals surface area contributed by atoms with Crippen LogP contribution in [0.25, 0.3) is 11.5 Å². The van der Waals surface area contributed by atoms with Gasteiger partial charge in [-0.1, -0.05) is 146 Å². The third-order valence-electron chi connectivity index (χ3n) is 12.8. The van der Waals surface area contributed by atoms with Crippen molar-refractivity contribution in [3.63, 3.8) is 0 Å². The Morgan fingerprint density at radius 3 is 1.41 bits per heavy atom. The molecule has 5 heterocycles. The second-order valence-electron chi connectivity index (χ2n) is 17.9. The fourth-order valence-electron chi connectivity index (χ4n) is 9.15. The molecule has 0 radical (unpaired) electrons. The van der Waals surface area contributed by atoms with Gasteiger partial charge in [0.15, 0.2) is 5.69 Å². The van der Waals surface area contributed by atoms with E-state index in [2.05, 4.69) is 44.1 Å². The summed E-state index contributed by atoms with van der Waals surface area (Å²) < 4.78 is 46.7. The summed E-state index contributed by atoms with van der Waals surface area (Å²) in [5.74, 6) is -0.525. The summed E-state index contributed by atoms with van der Waals surface area (Å²) in [6.07, 6.45) is -1.01. The van der Waals surface area contributed by atoms with E-state index in [1.807, 2.05) is 124 Å². The number of Topliss-reactive ketones (excluding diaryl/α,β-unsaturated/α-hetero) is 1. The number of hydrogen-bond donors (Lipinski definition) is 1. The molecule has 2 fully saturated rings. The van der Waals surface area contributed by atoms with E-state index in [1.165, 1.54) is 6.20 Å². The summed E-state index contributed by atoms with van der Waals surface area (Å²) in [5, 5.41) is 0. The van der Waals surface area contributed by atoms with E-state index in [0.29, 0.717) is 68.2 Å². The number of nitrogens with zero attached hydrogens (tertiary/aromatic N) is 7. The first-order chi connectivity index (χ1) is 35.5. The van der Waals surface area contributed by atoms with Crippen LogP contribution in [0.2, 0.25) is 0 Å². The van der Waals surface area contributed by atoms with Crippen molar-refractivity contribution in [1.29, 1.82) is 0 Å². The summed E-state index contributed by atoms with van der Waals surface area (Å²) in [5.41, 5.74) is 10.1. The van der Waals surface area contributed by atoms with Gasteiger partial charge in [0.05, 0.1) is 11.9 Å². The average Bonchev–Trinajstić information content (AvgIpc) is 3.89. The Morgan fingerprint density at radius 1 is 0.548 bits per heavy atom. The van der Waals surface area contributed by atoms with Crippen molar-refractivity contribution in [1.82, 2.24) is 24.8 Å². The molecule has 8 aromatic rings. The number of aromatic nitrogens is 3. The minimum Gasteiger partial charge on any atom is -0.432 e. The molecule has 5 aromatic carbocycles. The lowest BCUT2D eigenvalue weighted by molar-refractivity contribution is -0.141. The number of anilines is 3. The number of benzene rings is 5. The molecule has 0 saturated carbocycles. The van der Waals surface area contributed by atoms with Crippen molar-refractivity contribution >= 4 is 34.9 Å². The molecule has 2 saturated heterocycles. The largest absolute Gasteiger partial charge is 0.437 e. The number of rotatable bonds is 14. The highest BCUT2D eigenvalue weighted by molar-refractivity contribution is 5.96. The zero-order chi connectivity index (χ0) is 50.7. The minimum atomic E-state index is -4.87. The van der Waals surface area contributed by atoms with Crippen molar-refractivity contribution in [3.8, 4) is 11.5 Å². The molecule has 2 atom stereocenters. The van der Waals surface area contributed by atoms with E-state index in [4.69, 9.17) is 10.2 Å². The summed E-state index contributed by atoms with van der Waals surface area (Å²) in [6.45, 7) is 3.58. The highest BCUT2D eigenvalue weighted by Crippen LogP contribution is 2.35. The van der Waals surface area contributed by atoms with Gasteiger partial charge in [-0.15, -0.1) is 0 Å². The summed E-state index contributed by atoms with van der Waals surface area (Å²) in [6, 6.07) is 54.2. The predicted molar refractivity (Wildman–Crippen MR) is 274 cm³/mol. The second-order valence-corrected chi connectivity index (χ2v) is 17.9. The molecule has 2 aliphatic rings. The summed E-state index contributed by atoms with van der Waals surface area (Å²) >= 11 is 0. The van der Waals surface area contributed by atoms with Crippen LogP contribution in [-0.2, 0) is 48.1 Å². The number of carbonyl (C=O) groups is 3. The van der Waals surface area contributed by atoms with Crippen molar-refractivity contribution in [2.45, 2.75) is 50.6 Å². The Kier molecular flexibility index (Phi) is 15.3. The van der Waals surface area contributed by atoms with Gasteiger partial charge in [0.2, 0.25) is 29.2 Å². The van der Waals surface area contributed by atoms with E-state index < -0.39 is 29.5 Å². The molecule has 15 heteroatoms. The van der Waals surface area contributed by atoms with Crippen LogP contribution in [0.15, 0.2) is 193 Å². The fourth-order valence-corrected chi connectivity index (χ4v) is 9.15. The minimum absolute atomic E-state index is 0.0192. The van der Waals surface area contributed by atoms with E-state index >= 15 is 0 Å². The number of carbonyl (C=O) groups excluding carboxylic acids is 3. The van der Waals surface area contributed by atoms with E-state index in [1.54, 1.807) is 48.7 Å². The molecule has 0 spiro atoms. The molecule has 2 amide bonds. The van der Waals surface area contributed by atoms with Gasteiger partial charge in [-0.3, -0.25) is 14.4 Å². The molecule has 2 aliphatic heterocycles. The van der Waals surface area contributed by atoms with Gasteiger partial charge in [-0.25, -0.2) is 15.0 Å². The van der Waals surface area contributed by atoms with Crippen LogP contribution in [0.3, 0.4) is 0 Å². The van der Waals surface area contributed by atoms with Crippen LogP contribution >= 0.6 is 0 Å². The molecule has 73 heavy (non-hydrogen) atoms.